The van der Waals surface area contributed by atoms with Crippen molar-refractivity contribution in [1.29, 1.82) is 0 Å². The Morgan fingerprint density at radius 2 is 1.92 bits per heavy atom. The number of benzene rings is 1. The highest BCUT2D eigenvalue weighted by atomic mass is 19.2. The van der Waals surface area contributed by atoms with E-state index >= 15 is 0 Å². The Kier molecular flexibility index (Phi) is 5.61. The lowest BCUT2D eigenvalue weighted by Gasteiger charge is -2.33. The van der Waals surface area contributed by atoms with Crippen LogP contribution in [0.5, 0.6) is 0 Å². The van der Waals surface area contributed by atoms with E-state index in [2.05, 4.69) is 20.5 Å². The van der Waals surface area contributed by atoms with Crippen LogP contribution in [0.3, 0.4) is 0 Å². The number of carbonyl (C=O) groups is 1. The number of H-pyrrole nitrogens is 1. The van der Waals surface area contributed by atoms with Crippen LogP contribution in [0.1, 0.15) is 43.6 Å². The van der Waals surface area contributed by atoms with Gasteiger partial charge in [-0.1, -0.05) is 0 Å². The van der Waals surface area contributed by atoms with Gasteiger partial charge in [0.2, 0.25) is 5.89 Å². The number of hydrogen-bond donors (Lipinski definition) is 2. The first-order valence-electron chi connectivity index (χ1n) is 11.2. The summed E-state index contributed by atoms with van der Waals surface area (Å²) in [5, 5.41) is 8.78. The largest absolute Gasteiger partial charge is 0.444 e. The molecule has 0 spiro atoms. The molecule has 1 amide bonds. The van der Waals surface area contributed by atoms with E-state index in [1.807, 2.05) is 0 Å². The number of aromatic amines is 1. The van der Waals surface area contributed by atoms with Crippen molar-refractivity contribution < 1.29 is 27.1 Å². The van der Waals surface area contributed by atoms with E-state index < -0.39 is 46.9 Å². The van der Waals surface area contributed by atoms with Gasteiger partial charge in [0.15, 0.2) is 11.6 Å². The highest BCUT2D eigenvalue weighted by molar-refractivity contribution is 5.68. The minimum absolute atomic E-state index is 0.0725. The molecule has 3 aromatic heterocycles. The molecule has 2 N–H and O–H groups in total. The lowest BCUT2D eigenvalue weighted by molar-refractivity contribution is 0.0493. The predicted molar refractivity (Wildman–Crippen MR) is 121 cm³/mol. The number of imidazole rings is 1. The topological polar surface area (TPSA) is 115 Å². The van der Waals surface area contributed by atoms with Crippen molar-refractivity contribution in [3.8, 4) is 11.5 Å². The fourth-order valence-electron chi connectivity index (χ4n) is 4.47. The first-order chi connectivity index (χ1) is 17.0. The molecule has 0 bridgehead atoms. The molecule has 0 radical (unpaired) electrons. The summed E-state index contributed by atoms with van der Waals surface area (Å²) in [6.45, 7) is 5.13. The molecule has 0 fully saturated rings. The maximum atomic E-state index is 14.8. The standard InChI is InChI=1S/C24H22F3N5O4/c1-24(2,3)36-22(33)29-17-10-19-18(8-13(17)12-7-15(26)16(27)9-14(12)25)28-20-6-11(4-5-32(19)20)21-30-31-23(34)35-21/h4-7,9,13,17H,8,10H2,1-3H3,(H,29,33)(H,31,34)/t13-,17?/m1/s1. The maximum Gasteiger partial charge on any atom is 0.434 e. The van der Waals surface area contributed by atoms with Gasteiger partial charge < -0.3 is 18.9 Å². The summed E-state index contributed by atoms with van der Waals surface area (Å²) in [5.74, 6) is -4.75. The molecule has 3 heterocycles. The monoisotopic (exact) mass is 501 g/mol. The Bertz CT molecular complexity index is 1540. The fourth-order valence-corrected chi connectivity index (χ4v) is 4.47. The quantitative estimate of drug-likeness (QED) is 0.412. The Labute approximate surface area is 202 Å². The molecular weight excluding hydrogens is 479 g/mol. The first-order valence-corrected chi connectivity index (χ1v) is 11.2. The van der Waals surface area contributed by atoms with Gasteiger partial charge in [0.05, 0.1) is 5.69 Å². The van der Waals surface area contributed by atoms with Crippen molar-refractivity contribution in [2.75, 3.05) is 0 Å². The SMILES string of the molecule is CC(C)(C)OC(=O)NC1Cc2c(nc3cc(-c4n[nH]c(=O)o4)ccn23)C[C@@H]1c1cc(F)c(F)cc1F. The number of aromatic nitrogens is 4. The Morgan fingerprint density at radius 1 is 1.17 bits per heavy atom. The summed E-state index contributed by atoms with van der Waals surface area (Å²) in [6, 6.07) is 3.97. The molecule has 36 heavy (non-hydrogen) atoms. The first kappa shape index (κ1) is 23.6. The highest BCUT2D eigenvalue weighted by Crippen LogP contribution is 2.36. The van der Waals surface area contributed by atoms with Crippen LogP contribution >= 0.6 is 0 Å². The summed E-state index contributed by atoms with van der Waals surface area (Å²) in [7, 11) is 0. The molecular formula is C24H22F3N5O4. The molecule has 1 aliphatic carbocycles. The lowest BCUT2D eigenvalue weighted by Crippen LogP contribution is -2.46. The minimum atomic E-state index is -1.30. The van der Waals surface area contributed by atoms with Crippen molar-refractivity contribution in [3.63, 3.8) is 0 Å². The Balaban J connectivity index is 1.56. The van der Waals surface area contributed by atoms with E-state index in [1.165, 1.54) is 0 Å². The van der Waals surface area contributed by atoms with E-state index in [4.69, 9.17) is 9.15 Å². The molecule has 188 valence electrons. The minimum Gasteiger partial charge on any atom is -0.444 e. The van der Waals surface area contributed by atoms with E-state index in [1.54, 1.807) is 43.5 Å². The van der Waals surface area contributed by atoms with Crippen LogP contribution in [0.25, 0.3) is 17.1 Å². The van der Waals surface area contributed by atoms with Gasteiger partial charge in [-0.2, -0.15) is 0 Å². The second-order valence-electron chi connectivity index (χ2n) is 9.62. The lowest BCUT2D eigenvalue weighted by atomic mass is 9.80. The number of nitrogens with zero attached hydrogens (tertiary/aromatic N) is 3. The number of halogens is 3. The molecule has 12 heteroatoms. The van der Waals surface area contributed by atoms with Crippen LogP contribution < -0.4 is 11.1 Å². The number of fused-ring (bicyclic) bond motifs is 3. The molecule has 5 rings (SSSR count). The third kappa shape index (κ3) is 4.45. The van der Waals surface area contributed by atoms with Crippen molar-refractivity contribution in [1.82, 2.24) is 24.9 Å². The zero-order chi connectivity index (χ0) is 25.8. The summed E-state index contributed by atoms with van der Waals surface area (Å²) >= 11 is 0. The average Bonchev–Trinajstić information content (AvgIpc) is 3.37. The molecule has 2 atom stereocenters. The van der Waals surface area contributed by atoms with Gasteiger partial charge in [0, 0.05) is 48.3 Å². The van der Waals surface area contributed by atoms with Crippen molar-refractivity contribution >= 4 is 11.7 Å². The number of rotatable bonds is 3. The highest BCUT2D eigenvalue weighted by Gasteiger charge is 2.36. The van der Waals surface area contributed by atoms with Crippen molar-refractivity contribution in [2.24, 2.45) is 0 Å². The summed E-state index contributed by atoms with van der Waals surface area (Å²) < 4.78 is 54.7. The van der Waals surface area contributed by atoms with Crippen LogP contribution in [0.4, 0.5) is 18.0 Å². The number of ether oxygens (including phenoxy) is 1. The van der Waals surface area contributed by atoms with E-state index in [0.717, 1.165) is 11.8 Å². The number of amides is 1. The van der Waals surface area contributed by atoms with Crippen LogP contribution in [0, 0.1) is 17.5 Å². The van der Waals surface area contributed by atoms with Gasteiger partial charge in [-0.3, -0.25) is 0 Å². The van der Waals surface area contributed by atoms with Gasteiger partial charge in [0.1, 0.15) is 17.1 Å². The Morgan fingerprint density at radius 3 is 2.61 bits per heavy atom. The normalized spacial score (nSPS) is 17.7. The van der Waals surface area contributed by atoms with E-state index in [9.17, 15) is 22.8 Å². The summed E-state index contributed by atoms with van der Waals surface area (Å²) in [5.41, 5.74) is 1.53. The van der Waals surface area contributed by atoms with Crippen LogP contribution in [0.15, 0.2) is 39.7 Å². The van der Waals surface area contributed by atoms with Crippen molar-refractivity contribution in [2.45, 2.75) is 51.2 Å². The molecule has 0 saturated heterocycles. The van der Waals surface area contributed by atoms with Crippen molar-refractivity contribution in [3.05, 3.63) is 75.4 Å². The zero-order valence-electron chi connectivity index (χ0n) is 19.6. The molecule has 4 aromatic rings. The molecule has 1 unspecified atom stereocenters. The number of alkyl carbamates (subject to hydrolysis) is 1. The van der Waals surface area contributed by atoms with Gasteiger partial charge in [-0.15, -0.1) is 5.10 Å². The molecule has 1 aromatic carbocycles. The number of pyridine rings is 1. The smallest absolute Gasteiger partial charge is 0.434 e. The molecule has 9 nitrogen and oxygen atoms in total. The zero-order valence-corrected chi connectivity index (χ0v) is 19.6. The third-order valence-electron chi connectivity index (χ3n) is 5.95. The predicted octanol–water partition coefficient (Wildman–Crippen LogP) is 3.87. The van der Waals surface area contributed by atoms with Gasteiger partial charge in [-0.25, -0.2) is 32.8 Å². The second-order valence-corrected chi connectivity index (χ2v) is 9.62. The Hall–Kier alpha value is -4.09. The van der Waals surface area contributed by atoms with Crippen LogP contribution in [-0.2, 0) is 17.6 Å². The van der Waals surface area contributed by atoms with E-state index in [0.29, 0.717) is 23.0 Å². The average molecular weight is 501 g/mol. The summed E-state index contributed by atoms with van der Waals surface area (Å²) in [4.78, 5) is 28.5. The number of carbonyl (C=O) groups excluding carboxylic acids is 1. The molecule has 0 aliphatic heterocycles. The molecule has 1 aliphatic rings. The van der Waals surface area contributed by atoms with Gasteiger partial charge in [0.25, 0.3) is 0 Å². The fraction of sp³-hybridized carbons (Fsp3) is 0.333. The second kappa shape index (κ2) is 8.54. The number of hydrogen-bond acceptors (Lipinski definition) is 6. The van der Waals surface area contributed by atoms with Crippen LogP contribution in [0.2, 0.25) is 0 Å². The molecule has 0 saturated carbocycles. The maximum absolute atomic E-state index is 14.8. The van der Waals surface area contributed by atoms with E-state index in [-0.39, 0.29) is 24.3 Å². The van der Waals surface area contributed by atoms with Crippen LogP contribution in [-0.4, -0.2) is 37.3 Å². The van der Waals surface area contributed by atoms with Gasteiger partial charge in [-0.05, 0) is 44.5 Å². The third-order valence-corrected chi connectivity index (χ3v) is 5.95. The summed E-state index contributed by atoms with van der Waals surface area (Å²) in [6.07, 6.45) is 1.37. The number of nitrogens with one attached hydrogen (secondary N) is 2. The van der Waals surface area contributed by atoms with Gasteiger partial charge >= 0.3 is 11.8 Å².